The van der Waals surface area contributed by atoms with Gasteiger partial charge in [-0.15, -0.1) is 0 Å². The van der Waals surface area contributed by atoms with Gasteiger partial charge < -0.3 is 9.64 Å². The Morgan fingerprint density at radius 1 is 0.963 bits per heavy atom. The summed E-state index contributed by atoms with van der Waals surface area (Å²) in [4.78, 5) is 5.17. The molecule has 1 aliphatic rings. The summed E-state index contributed by atoms with van der Waals surface area (Å²) in [7, 11) is 0. The van der Waals surface area contributed by atoms with Crippen molar-refractivity contribution in [3.63, 3.8) is 0 Å². The van der Waals surface area contributed by atoms with Gasteiger partial charge >= 0.3 is 0 Å². The lowest BCUT2D eigenvalue weighted by Crippen LogP contribution is -2.46. The Bertz CT molecular complexity index is 673. The number of hydrogen-bond donors (Lipinski definition) is 0. The smallest absolute Gasteiger partial charge is 0.125 e. The topological polar surface area (TPSA) is 15.7 Å². The van der Waals surface area contributed by atoms with E-state index in [1.807, 2.05) is 0 Å². The van der Waals surface area contributed by atoms with E-state index in [4.69, 9.17) is 4.74 Å². The summed E-state index contributed by atoms with van der Waals surface area (Å²) in [5.74, 6) is 1.06. The van der Waals surface area contributed by atoms with Crippen molar-refractivity contribution >= 4 is 5.69 Å². The molecule has 27 heavy (non-hydrogen) atoms. The van der Waals surface area contributed by atoms with Gasteiger partial charge in [0, 0.05) is 37.9 Å². The van der Waals surface area contributed by atoms with Gasteiger partial charge in [-0.1, -0.05) is 43.3 Å². The molecule has 1 saturated heterocycles. The summed E-state index contributed by atoms with van der Waals surface area (Å²) >= 11 is 0. The maximum absolute atomic E-state index is 6.10. The molecule has 1 aliphatic heterocycles. The highest BCUT2D eigenvalue weighted by atomic mass is 16.5. The molecule has 0 amide bonds. The minimum absolute atomic E-state index is 0.656. The van der Waals surface area contributed by atoms with Crippen LogP contribution in [0.25, 0.3) is 0 Å². The second-order valence-electron chi connectivity index (χ2n) is 7.67. The molecule has 0 radical (unpaired) electrons. The van der Waals surface area contributed by atoms with Crippen LogP contribution in [0.5, 0.6) is 5.75 Å². The lowest BCUT2D eigenvalue weighted by Gasteiger charge is -2.39. The molecule has 2 aromatic carbocycles. The molecule has 3 nitrogen and oxygen atoms in total. The van der Waals surface area contributed by atoms with Crippen LogP contribution in [0.2, 0.25) is 0 Å². The number of ether oxygens (including phenoxy) is 1. The highest BCUT2D eigenvalue weighted by Gasteiger charge is 2.24. The fraction of sp³-hybridized carbons (Fsp3) is 0.500. The van der Waals surface area contributed by atoms with E-state index in [0.29, 0.717) is 6.04 Å². The van der Waals surface area contributed by atoms with E-state index in [1.54, 1.807) is 0 Å². The Balaban J connectivity index is 1.48. The summed E-state index contributed by atoms with van der Waals surface area (Å²) in [5, 5.41) is 0. The van der Waals surface area contributed by atoms with Crippen LogP contribution in [0, 0.1) is 13.8 Å². The van der Waals surface area contributed by atoms with E-state index in [2.05, 4.69) is 79.1 Å². The number of anilines is 1. The predicted octanol–water partition coefficient (Wildman–Crippen LogP) is 5.06. The van der Waals surface area contributed by atoms with Gasteiger partial charge in [-0.05, 0) is 56.4 Å². The van der Waals surface area contributed by atoms with Crippen molar-refractivity contribution in [3.05, 3.63) is 59.7 Å². The molecule has 0 atom stereocenters. The van der Waals surface area contributed by atoms with Crippen LogP contribution < -0.4 is 9.64 Å². The minimum atomic E-state index is 0.656. The maximum Gasteiger partial charge on any atom is 0.125 e. The first kappa shape index (κ1) is 19.8. The molecule has 0 unspecified atom stereocenters. The second kappa shape index (κ2) is 9.80. The molecule has 0 saturated carbocycles. The molecule has 1 heterocycles. The number of likely N-dealkylation sites (tertiary alicyclic amines) is 1. The van der Waals surface area contributed by atoms with Crippen molar-refractivity contribution in [2.45, 2.75) is 46.1 Å². The summed E-state index contributed by atoms with van der Waals surface area (Å²) in [5.41, 5.74) is 3.83. The van der Waals surface area contributed by atoms with E-state index in [9.17, 15) is 0 Å². The van der Waals surface area contributed by atoms with Crippen molar-refractivity contribution in [2.24, 2.45) is 0 Å². The van der Waals surface area contributed by atoms with Gasteiger partial charge in [-0.25, -0.2) is 0 Å². The Morgan fingerprint density at radius 3 is 2.26 bits per heavy atom. The average Bonchev–Trinajstić information content (AvgIpc) is 2.70. The summed E-state index contributed by atoms with van der Waals surface area (Å²) < 4.78 is 6.10. The van der Waals surface area contributed by atoms with Gasteiger partial charge in [0.15, 0.2) is 0 Å². The normalized spacial score (nSPS) is 15.7. The summed E-state index contributed by atoms with van der Waals surface area (Å²) in [6.07, 6.45) is 3.66. The fourth-order valence-electron chi connectivity index (χ4n) is 4.14. The number of rotatable bonds is 8. The zero-order valence-electron chi connectivity index (χ0n) is 17.2. The molecule has 3 rings (SSSR count). The van der Waals surface area contributed by atoms with Gasteiger partial charge in [-0.3, -0.25) is 4.90 Å². The summed E-state index contributed by atoms with van der Waals surface area (Å²) in [6, 6.07) is 17.9. The summed E-state index contributed by atoms with van der Waals surface area (Å²) in [6.45, 7) is 11.8. The molecule has 2 aromatic rings. The van der Waals surface area contributed by atoms with Crippen molar-refractivity contribution in [1.29, 1.82) is 0 Å². The van der Waals surface area contributed by atoms with Crippen molar-refractivity contribution in [3.8, 4) is 5.75 Å². The minimum Gasteiger partial charge on any atom is -0.492 e. The Morgan fingerprint density at radius 2 is 1.63 bits per heavy atom. The first-order chi connectivity index (χ1) is 13.2. The van der Waals surface area contributed by atoms with Gasteiger partial charge in [0.25, 0.3) is 0 Å². The van der Waals surface area contributed by atoms with Crippen molar-refractivity contribution in [1.82, 2.24) is 4.90 Å². The van der Waals surface area contributed by atoms with Crippen molar-refractivity contribution < 1.29 is 4.74 Å². The second-order valence-corrected chi connectivity index (χ2v) is 7.67. The van der Waals surface area contributed by atoms with Crippen LogP contribution in [-0.4, -0.2) is 43.7 Å². The zero-order chi connectivity index (χ0) is 19.1. The number of para-hydroxylation sites is 2. The van der Waals surface area contributed by atoms with Crippen LogP contribution in [0.1, 0.15) is 37.3 Å². The predicted molar refractivity (Wildman–Crippen MR) is 115 cm³/mol. The molecule has 0 N–H and O–H groups in total. The largest absolute Gasteiger partial charge is 0.492 e. The van der Waals surface area contributed by atoms with Crippen LogP contribution in [0.4, 0.5) is 5.69 Å². The Labute approximate surface area is 164 Å². The van der Waals surface area contributed by atoms with Crippen LogP contribution in [-0.2, 0) is 0 Å². The van der Waals surface area contributed by atoms with E-state index in [1.165, 1.54) is 36.1 Å². The molecule has 146 valence electrons. The molecule has 0 spiro atoms. The molecule has 3 heteroatoms. The van der Waals surface area contributed by atoms with Gasteiger partial charge in [0.1, 0.15) is 12.4 Å². The third-order valence-electron chi connectivity index (χ3n) is 5.61. The number of hydrogen-bond acceptors (Lipinski definition) is 3. The van der Waals surface area contributed by atoms with Crippen LogP contribution in [0.3, 0.4) is 0 Å². The third kappa shape index (κ3) is 5.26. The maximum atomic E-state index is 6.10. The first-order valence-corrected chi connectivity index (χ1v) is 10.4. The molecular weight excluding hydrogens is 332 g/mol. The van der Waals surface area contributed by atoms with E-state index >= 15 is 0 Å². The molecule has 0 aliphatic carbocycles. The van der Waals surface area contributed by atoms with Gasteiger partial charge in [0.05, 0.1) is 0 Å². The Kier molecular flexibility index (Phi) is 7.17. The zero-order valence-corrected chi connectivity index (χ0v) is 17.2. The highest BCUT2D eigenvalue weighted by molar-refractivity contribution is 5.47. The van der Waals surface area contributed by atoms with E-state index in [-0.39, 0.29) is 0 Å². The van der Waals surface area contributed by atoms with E-state index < -0.39 is 0 Å². The lowest BCUT2D eigenvalue weighted by molar-refractivity contribution is 0.171. The number of nitrogens with zero attached hydrogens (tertiary/aromatic N) is 2. The molecule has 0 aromatic heterocycles. The van der Waals surface area contributed by atoms with Crippen LogP contribution >= 0.6 is 0 Å². The molecule has 1 fully saturated rings. The highest BCUT2D eigenvalue weighted by Crippen LogP contribution is 2.25. The van der Waals surface area contributed by atoms with Crippen molar-refractivity contribution in [2.75, 3.05) is 37.7 Å². The third-order valence-corrected chi connectivity index (χ3v) is 5.61. The molecule has 0 bridgehead atoms. The standard InChI is InChI=1S/C24H34N2O/c1-4-15-26(22-11-6-5-7-12-22)23-13-16-25(17-14-23)18-19-27-24-20(2)9-8-10-21(24)3/h5-12,23H,4,13-19H2,1-3H3. The number of piperidine rings is 1. The van der Waals surface area contributed by atoms with E-state index in [0.717, 1.165) is 38.5 Å². The van der Waals surface area contributed by atoms with Gasteiger partial charge in [-0.2, -0.15) is 0 Å². The fourth-order valence-corrected chi connectivity index (χ4v) is 4.14. The quantitative estimate of drug-likeness (QED) is 0.649. The monoisotopic (exact) mass is 366 g/mol. The van der Waals surface area contributed by atoms with Gasteiger partial charge in [0.2, 0.25) is 0 Å². The molecular formula is C24H34N2O. The lowest BCUT2D eigenvalue weighted by atomic mass is 10.0. The number of benzene rings is 2. The van der Waals surface area contributed by atoms with Crippen LogP contribution in [0.15, 0.2) is 48.5 Å². The average molecular weight is 367 g/mol. The number of aryl methyl sites for hydroxylation is 2. The first-order valence-electron chi connectivity index (χ1n) is 10.4. The Hall–Kier alpha value is -2.00. The SMILES string of the molecule is CCCN(c1ccccc1)C1CCN(CCOc2c(C)cccc2C)CC1.